The lowest BCUT2D eigenvalue weighted by atomic mass is 10.2. The Hall–Kier alpha value is -3.81. The molecule has 0 bridgehead atoms. The first-order chi connectivity index (χ1) is 15.7. The maximum atomic E-state index is 13.6. The average molecular weight is 476 g/mol. The van der Waals surface area contributed by atoms with Crippen molar-refractivity contribution in [3.63, 3.8) is 0 Å². The molecule has 2 aromatic carbocycles. The fourth-order valence-electron chi connectivity index (χ4n) is 3.19. The number of hydrogen-bond acceptors (Lipinski definition) is 8. The molecular formula is C20H20N4O8S. The van der Waals surface area contributed by atoms with Crippen molar-refractivity contribution in [3.05, 3.63) is 97.3 Å². The molecule has 33 heavy (non-hydrogen) atoms. The SMILES string of the molecule is COC(CN(c1ccccc1CO)S(=O)(=O)c1ccc([N+](=O)[O-])cc1)n1c(=O)cc[nH]c1=O. The Morgan fingerprint density at radius 1 is 1.15 bits per heavy atom. The molecule has 0 saturated carbocycles. The minimum Gasteiger partial charge on any atom is -0.392 e. The number of sulfonamides is 1. The van der Waals surface area contributed by atoms with E-state index >= 15 is 0 Å². The number of aromatic nitrogens is 2. The van der Waals surface area contributed by atoms with Gasteiger partial charge in [-0.2, -0.15) is 0 Å². The topological polar surface area (TPSA) is 165 Å². The van der Waals surface area contributed by atoms with Crippen LogP contribution in [0.25, 0.3) is 0 Å². The number of methoxy groups -OCH3 is 1. The minimum atomic E-state index is -4.38. The van der Waals surface area contributed by atoms with Crippen molar-refractivity contribution in [3.8, 4) is 0 Å². The second-order valence-corrected chi connectivity index (χ2v) is 8.62. The van der Waals surface area contributed by atoms with Crippen LogP contribution in [0.2, 0.25) is 0 Å². The van der Waals surface area contributed by atoms with Crippen LogP contribution in [0.1, 0.15) is 11.8 Å². The lowest BCUT2D eigenvalue weighted by Crippen LogP contribution is -2.44. The Morgan fingerprint density at radius 2 is 1.82 bits per heavy atom. The van der Waals surface area contributed by atoms with Gasteiger partial charge in [-0.3, -0.25) is 19.2 Å². The molecule has 174 valence electrons. The summed E-state index contributed by atoms with van der Waals surface area (Å²) in [7, 11) is -3.17. The van der Waals surface area contributed by atoms with E-state index in [2.05, 4.69) is 4.98 Å². The molecule has 0 aliphatic heterocycles. The maximum Gasteiger partial charge on any atom is 0.330 e. The number of nitrogens with one attached hydrogen (secondary N) is 1. The van der Waals surface area contributed by atoms with E-state index in [1.165, 1.54) is 19.2 Å². The zero-order valence-electron chi connectivity index (χ0n) is 17.3. The first kappa shape index (κ1) is 23.8. The van der Waals surface area contributed by atoms with Gasteiger partial charge in [-0.05, 0) is 18.2 Å². The van der Waals surface area contributed by atoms with Gasteiger partial charge in [-0.25, -0.2) is 17.8 Å². The lowest BCUT2D eigenvalue weighted by Gasteiger charge is -2.30. The van der Waals surface area contributed by atoms with Gasteiger partial charge in [-0.1, -0.05) is 18.2 Å². The summed E-state index contributed by atoms with van der Waals surface area (Å²) in [5.74, 6) is 0. The number of hydrogen-bond donors (Lipinski definition) is 2. The van der Waals surface area contributed by atoms with Gasteiger partial charge in [0.05, 0.1) is 28.7 Å². The highest BCUT2D eigenvalue weighted by molar-refractivity contribution is 7.92. The number of aliphatic hydroxyl groups is 1. The Labute approximate surface area is 187 Å². The van der Waals surface area contributed by atoms with Crippen LogP contribution in [0, 0.1) is 10.1 Å². The van der Waals surface area contributed by atoms with Crippen molar-refractivity contribution >= 4 is 21.4 Å². The quantitative estimate of drug-likeness (QED) is 0.341. The molecule has 0 amide bonds. The van der Waals surface area contributed by atoms with E-state index in [0.717, 1.165) is 45.4 Å². The molecule has 0 aliphatic rings. The van der Waals surface area contributed by atoms with E-state index in [-0.39, 0.29) is 21.8 Å². The van der Waals surface area contributed by atoms with Crippen molar-refractivity contribution in [1.29, 1.82) is 0 Å². The highest BCUT2D eigenvalue weighted by Crippen LogP contribution is 2.29. The van der Waals surface area contributed by atoms with E-state index in [9.17, 15) is 33.2 Å². The maximum absolute atomic E-state index is 13.6. The Balaban J connectivity index is 2.17. The Morgan fingerprint density at radius 3 is 2.39 bits per heavy atom. The summed E-state index contributed by atoms with van der Waals surface area (Å²) in [5, 5.41) is 20.7. The Bertz CT molecular complexity index is 1340. The van der Waals surface area contributed by atoms with Crippen LogP contribution in [0.4, 0.5) is 11.4 Å². The van der Waals surface area contributed by atoms with Crippen LogP contribution in [-0.2, 0) is 21.4 Å². The molecule has 0 radical (unpaired) electrons. The largest absolute Gasteiger partial charge is 0.392 e. The molecule has 3 rings (SSSR count). The van der Waals surface area contributed by atoms with Crippen molar-refractivity contribution in [2.45, 2.75) is 17.7 Å². The third-order valence-electron chi connectivity index (χ3n) is 4.84. The van der Waals surface area contributed by atoms with Gasteiger partial charge in [0.25, 0.3) is 21.3 Å². The summed E-state index contributed by atoms with van der Waals surface area (Å²) in [4.78, 5) is 36.9. The number of nitrogens with zero attached hydrogens (tertiary/aromatic N) is 3. The van der Waals surface area contributed by atoms with Crippen LogP contribution < -0.4 is 15.6 Å². The summed E-state index contributed by atoms with van der Waals surface area (Å²) in [6.07, 6.45) is -0.178. The molecule has 2 N–H and O–H groups in total. The average Bonchev–Trinajstić information content (AvgIpc) is 2.80. The highest BCUT2D eigenvalue weighted by Gasteiger charge is 2.31. The lowest BCUT2D eigenvalue weighted by molar-refractivity contribution is -0.384. The molecule has 3 aromatic rings. The fraction of sp³-hybridized carbons (Fsp3) is 0.200. The summed E-state index contributed by atoms with van der Waals surface area (Å²) in [6, 6.07) is 11.4. The standard InChI is InChI=1S/C20H20N4O8S/c1-32-19(23-18(26)10-11-21-20(23)27)12-22(17-5-3-2-4-14(17)13-25)33(30,31)16-8-6-15(7-9-16)24(28)29/h2-11,19,25H,12-13H2,1H3,(H,21,27). The fourth-order valence-corrected chi connectivity index (χ4v) is 4.69. The summed E-state index contributed by atoms with van der Waals surface area (Å²) in [5.41, 5.74) is -1.48. The number of aromatic amines is 1. The van der Waals surface area contributed by atoms with Gasteiger partial charge in [0, 0.05) is 37.1 Å². The number of ether oxygens (including phenoxy) is 1. The van der Waals surface area contributed by atoms with Crippen LogP contribution in [0.15, 0.2) is 75.3 Å². The summed E-state index contributed by atoms with van der Waals surface area (Å²) >= 11 is 0. The van der Waals surface area contributed by atoms with E-state index in [0.29, 0.717) is 0 Å². The number of rotatable bonds is 9. The molecular weight excluding hydrogens is 456 g/mol. The number of para-hydroxylation sites is 1. The molecule has 12 nitrogen and oxygen atoms in total. The van der Waals surface area contributed by atoms with Crippen molar-refractivity contribution < 1.29 is 23.2 Å². The van der Waals surface area contributed by atoms with Gasteiger partial charge >= 0.3 is 5.69 Å². The molecule has 0 saturated heterocycles. The van der Waals surface area contributed by atoms with Crippen LogP contribution >= 0.6 is 0 Å². The molecule has 1 aromatic heterocycles. The zero-order chi connectivity index (χ0) is 24.2. The van der Waals surface area contributed by atoms with E-state index in [1.54, 1.807) is 12.1 Å². The molecule has 0 aliphatic carbocycles. The number of H-pyrrole nitrogens is 1. The number of anilines is 1. The van der Waals surface area contributed by atoms with Gasteiger partial charge in [0.1, 0.15) is 0 Å². The predicted molar refractivity (Wildman–Crippen MR) is 117 cm³/mol. The number of nitro groups is 1. The van der Waals surface area contributed by atoms with Gasteiger partial charge < -0.3 is 14.8 Å². The number of non-ortho nitro benzene ring substituents is 1. The van der Waals surface area contributed by atoms with E-state index in [4.69, 9.17) is 4.74 Å². The molecule has 1 heterocycles. The minimum absolute atomic E-state index is 0.0841. The van der Waals surface area contributed by atoms with E-state index < -0.39 is 45.6 Å². The third kappa shape index (κ3) is 4.84. The molecule has 1 unspecified atom stereocenters. The highest BCUT2D eigenvalue weighted by atomic mass is 32.2. The van der Waals surface area contributed by atoms with Gasteiger partial charge in [0.2, 0.25) is 0 Å². The zero-order valence-corrected chi connectivity index (χ0v) is 18.1. The van der Waals surface area contributed by atoms with E-state index in [1.807, 2.05) is 0 Å². The van der Waals surface area contributed by atoms with Gasteiger partial charge in [-0.15, -0.1) is 0 Å². The second kappa shape index (κ2) is 9.77. The van der Waals surface area contributed by atoms with Crippen LogP contribution in [0.5, 0.6) is 0 Å². The molecule has 0 fully saturated rings. The first-order valence-electron chi connectivity index (χ1n) is 9.49. The summed E-state index contributed by atoms with van der Waals surface area (Å²) in [6.45, 7) is -1.01. The predicted octanol–water partition coefficient (Wildman–Crippen LogP) is 0.978. The van der Waals surface area contributed by atoms with Gasteiger partial charge in [0.15, 0.2) is 6.23 Å². The summed E-state index contributed by atoms with van der Waals surface area (Å²) < 4.78 is 34.1. The van der Waals surface area contributed by atoms with Crippen LogP contribution in [0.3, 0.4) is 0 Å². The third-order valence-corrected chi connectivity index (χ3v) is 6.63. The molecule has 1 atom stereocenters. The molecule has 13 heteroatoms. The number of benzene rings is 2. The number of nitro benzene ring substituents is 1. The number of aliphatic hydroxyl groups excluding tert-OH is 1. The monoisotopic (exact) mass is 476 g/mol. The molecule has 0 spiro atoms. The van der Waals surface area contributed by atoms with Crippen molar-refractivity contribution in [1.82, 2.24) is 9.55 Å². The normalized spacial score (nSPS) is 12.3. The smallest absolute Gasteiger partial charge is 0.330 e. The van der Waals surface area contributed by atoms with Crippen LogP contribution in [-0.4, -0.2) is 41.7 Å². The van der Waals surface area contributed by atoms with Crippen molar-refractivity contribution in [2.24, 2.45) is 0 Å². The second-order valence-electron chi connectivity index (χ2n) is 6.76. The Kier molecular flexibility index (Phi) is 7.06. The van der Waals surface area contributed by atoms with Crippen molar-refractivity contribution in [2.75, 3.05) is 18.0 Å². The first-order valence-corrected chi connectivity index (χ1v) is 10.9.